The standard InChI is InChI=1S/C25H21ClN4O4S/c1-34-18-13-11-16(12-14-18)23(32)28-30-21(15-22(31)27-20-10-6-5-9-19(20)26)24(33)29(25(30)35)17-7-3-2-4-8-17/h2-14,21H,15H2,1H3,(H,27,31)(H,28,32). The van der Waals surface area contributed by atoms with Crippen LogP contribution in [0.25, 0.3) is 0 Å². The van der Waals surface area contributed by atoms with Crippen LogP contribution in [0.15, 0.2) is 78.9 Å². The number of carbonyl (C=O) groups is 3. The molecule has 0 aliphatic carbocycles. The lowest BCUT2D eigenvalue weighted by Crippen LogP contribution is -2.49. The second-order valence-corrected chi connectivity index (χ2v) is 8.35. The van der Waals surface area contributed by atoms with Crippen molar-refractivity contribution >= 4 is 58.0 Å². The maximum absolute atomic E-state index is 13.4. The molecule has 0 spiro atoms. The summed E-state index contributed by atoms with van der Waals surface area (Å²) in [7, 11) is 1.53. The summed E-state index contributed by atoms with van der Waals surface area (Å²) < 4.78 is 5.13. The summed E-state index contributed by atoms with van der Waals surface area (Å²) >= 11 is 11.7. The Morgan fingerprint density at radius 1 is 1.00 bits per heavy atom. The minimum Gasteiger partial charge on any atom is -0.497 e. The van der Waals surface area contributed by atoms with E-state index in [2.05, 4.69) is 10.7 Å². The number of nitrogens with one attached hydrogen (secondary N) is 2. The van der Waals surface area contributed by atoms with E-state index in [1.165, 1.54) is 17.0 Å². The molecule has 1 atom stereocenters. The van der Waals surface area contributed by atoms with Crippen molar-refractivity contribution in [2.24, 2.45) is 0 Å². The smallest absolute Gasteiger partial charge is 0.269 e. The third-order valence-electron chi connectivity index (χ3n) is 5.33. The van der Waals surface area contributed by atoms with Gasteiger partial charge in [-0.15, -0.1) is 0 Å². The molecule has 178 valence electrons. The second-order valence-electron chi connectivity index (χ2n) is 7.58. The minimum absolute atomic E-state index is 0.0543. The molecule has 1 saturated heterocycles. The summed E-state index contributed by atoms with van der Waals surface area (Å²) in [4.78, 5) is 40.5. The maximum Gasteiger partial charge on any atom is 0.269 e. The summed E-state index contributed by atoms with van der Waals surface area (Å²) in [6.07, 6.45) is -0.267. The van der Waals surface area contributed by atoms with Crippen LogP contribution in [0.2, 0.25) is 5.02 Å². The third kappa shape index (κ3) is 5.26. The number of rotatable bonds is 7. The molecule has 2 N–H and O–H groups in total. The van der Waals surface area contributed by atoms with Crippen LogP contribution in [0.4, 0.5) is 11.4 Å². The molecule has 1 aliphatic rings. The lowest BCUT2D eigenvalue weighted by Gasteiger charge is -2.24. The van der Waals surface area contributed by atoms with E-state index in [4.69, 9.17) is 28.6 Å². The Morgan fingerprint density at radius 2 is 1.66 bits per heavy atom. The Hall–Kier alpha value is -3.95. The average Bonchev–Trinajstić information content (AvgIpc) is 3.09. The number of nitrogens with zero attached hydrogens (tertiary/aromatic N) is 2. The number of amides is 3. The quantitative estimate of drug-likeness (QED) is 0.468. The van der Waals surface area contributed by atoms with Gasteiger partial charge in [-0.3, -0.25) is 24.7 Å². The average molecular weight is 509 g/mol. The highest BCUT2D eigenvalue weighted by Gasteiger charge is 2.45. The van der Waals surface area contributed by atoms with Gasteiger partial charge in [0.15, 0.2) is 0 Å². The van der Waals surface area contributed by atoms with Crippen molar-refractivity contribution in [2.75, 3.05) is 17.3 Å². The molecule has 35 heavy (non-hydrogen) atoms. The van der Waals surface area contributed by atoms with Crippen molar-refractivity contribution < 1.29 is 19.1 Å². The molecule has 8 nitrogen and oxygen atoms in total. The molecule has 0 saturated carbocycles. The summed E-state index contributed by atoms with van der Waals surface area (Å²) in [5, 5.41) is 4.38. The van der Waals surface area contributed by atoms with Crippen LogP contribution in [-0.4, -0.2) is 41.0 Å². The summed E-state index contributed by atoms with van der Waals surface area (Å²) in [5.74, 6) is -0.796. The Morgan fingerprint density at radius 3 is 2.31 bits per heavy atom. The van der Waals surface area contributed by atoms with Crippen molar-refractivity contribution in [3.05, 3.63) is 89.4 Å². The highest BCUT2D eigenvalue weighted by atomic mass is 35.5. The van der Waals surface area contributed by atoms with Crippen LogP contribution in [0.5, 0.6) is 5.75 Å². The SMILES string of the molecule is COc1ccc(C(=O)NN2C(=S)N(c3ccccc3)C(=O)C2CC(=O)Nc2ccccc2Cl)cc1. The molecular formula is C25H21ClN4O4S. The zero-order valence-corrected chi connectivity index (χ0v) is 20.2. The Labute approximate surface area is 212 Å². The topological polar surface area (TPSA) is 91.0 Å². The number of para-hydroxylation sites is 2. The molecule has 1 heterocycles. The van der Waals surface area contributed by atoms with E-state index in [9.17, 15) is 14.4 Å². The molecule has 10 heteroatoms. The highest BCUT2D eigenvalue weighted by Crippen LogP contribution is 2.27. The van der Waals surface area contributed by atoms with Gasteiger partial charge in [0, 0.05) is 5.56 Å². The number of hydrogen-bond acceptors (Lipinski definition) is 5. The molecule has 0 bridgehead atoms. The molecule has 1 fully saturated rings. The van der Waals surface area contributed by atoms with Gasteiger partial charge in [0.25, 0.3) is 11.8 Å². The fraction of sp³-hybridized carbons (Fsp3) is 0.120. The lowest BCUT2D eigenvalue weighted by atomic mass is 10.1. The summed E-state index contributed by atoms with van der Waals surface area (Å²) in [6.45, 7) is 0. The van der Waals surface area contributed by atoms with Crippen LogP contribution in [0.1, 0.15) is 16.8 Å². The number of carbonyl (C=O) groups excluding carboxylic acids is 3. The van der Waals surface area contributed by atoms with Gasteiger partial charge in [0.1, 0.15) is 11.8 Å². The maximum atomic E-state index is 13.4. The van der Waals surface area contributed by atoms with Gasteiger partial charge in [-0.05, 0) is 60.7 Å². The van der Waals surface area contributed by atoms with Crippen LogP contribution in [0.3, 0.4) is 0 Å². The number of methoxy groups -OCH3 is 1. The number of halogens is 1. The van der Waals surface area contributed by atoms with Crippen LogP contribution < -0.4 is 20.4 Å². The van der Waals surface area contributed by atoms with E-state index in [-0.39, 0.29) is 11.5 Å². The number of benzene rings is 3. The largest absolute Gasteiger partial charge is 0.497 e. The fourth-order valence-electron chi connectivity index (χ4n) is 3.57. The zero-order valence-electron chi connectivity index (χ0n) is 18.6. The Balaban J connectivity index is 1.59. The Bertz CT molecular complexity index is 1270. The molecule has 0 aromatic heterocycles. The van der Waals surface area contributed by atoms with Crippen LogP contribution >= 0.6 is 23.8 Å². The van der Waals surface area contributed by atoms with Crippen molar-refractivity contribution in [3.63, 3.8) is 0 Å². The molecule has 0 radical (unpaired) electrons. The summed E-state index contributed by atoms with van der Waals surface area (Å²) in [6, 6.07) is 21.0. The minimum atomic E-state index is -1.06. The van der Waals surface area contributed by atoms with E-state index >= 15 is 0 Å². The number of hydrazine groups is 1. The fourth-order valence-corrected chi connectivity index (χ4v) is 4.12. The van der Waals surface area contributed by atoms with Crippen molar-refractivity contribution in [2.45, 2.75) is 12.5 Å². The molecular weight excluding hydrogens is 488 g/mol. The molecule has 3 aromatic rings. The monoisotopic (exact) mass is 508 g/mol. The number of thiocarbonyl (C=S) groups is 1. The van der Waals surface area contributed by atoms with E-state index < -0.39 is 23.8 Å². The number of ether oxygens (including phenoxy) is 1. The Kier molecular flexibility index (Phi) is 7.28. The predicted molar refractivity (Wildman–Crippen MR) is 137 cm³/mol. The normalized spacial score (nSPS) is 15.2. The molecule has 3 amide bonds. The van der Waals surface area contributed by atoms with Gasteiger partial charge in [-0.25, -0.2) is 5.01 Å². The number of anilines is 2. The molecule has 1 unspecified atom stereocenters. The molecule has 4 rings (SSSR count). The van der Waals surface area contributed by atoms with Gasteiger partial charge in [0.2, 0.25) is 11.0 Å². The van der Waals surface area contributed by atoms with Gasteiger partial charge in [-0.2, -0.15) is 0 Å². The first kappa shape index (κ1) is 24.2. The van der Waals surface area contributed by atoms with Gasteiger partial charge >= 0.3 is 0 Å². The highest BCUT2D eigenvalue weighted by molar-refractivity contribution is 7.80. The van der Waals surface area contributed by atoms with Crippen molar-refractivity contribution in [3.8, 4) is 5.75 Å². The van der Waals surface area contributed by atoms with Gasteiger partial charge in [0.05, 0.1) is 29.9 Å². The first-order chi connectivity index (χ1) is 16.9. The first-order valence-electron chi connectivity index (χ1n) is 10.6. The van der Waals surface area contributed by atoms with E-state index in [0.29, 0.717) is 27.7 Å². The lowest BCUT2D eigenvalue weighted by molar-refractivity contribution is -0.124. The predicted octanol–water partition coefficient (Wildman–Crippen LogP) is 4.02. The number of hydrogen-bond donors (Lipinski definition) is 2. The van der Waals surface area contributed by atoms with Gasteiger partial charge < -0.3 is 10.1 Å². The second kappa shape index (κ2) is 10.5. The van der Waals surface area contributed by atoms with Gasteiger partial charge in [-0.1, -0.05) is 41.9 Å². The van der Waals surface area contributed by atoms with Crippen LogP contribution in [0, 0.1) is 0 Å². The van der Waals surface area contributed by atoms with E-state index in [0.717, 1.165) is 0 Å². The molecule has 1 aliphatic heterocycles. The van der Waals surface area contributed by atoms with E-state index in [1.807, 2.05) is 6.07 Å². The zero-order chi connectivity index (χ0) is 24.9. The van der Waals surface area contributed by atoms with E-state index in [1.54, 1.807) is 72.8 Å². The molecule has 3 aromatic carbocycles. The van der Waals surface area contributed by atoms with Crippen LogP contribution in [-0.2, 0) is 9.59 Å². The van der Waals surface area contributed by atoms with Crippen molar-refractivity contribution in [1.82, 2.24) is 10.4 Å². The first-order valence-corrected chi connectivity index (χ1v) is 11.4. The summed E-state index contributed by atoms with van der Waals surface area (Å²) in [5.41, 5.74) is 3.96. The third-order valence-corrected chi connectivity index (χ3v) is 6.04. The van der Waals surface area contributed by atoms with Crippen molar-refractivity contribution in [1.29, 1.82) is 0 Å².